The highest BCUT2D eigenvalue weighted by Gasteiger charge is 2.39. The molecular formula is C28H38N7O3P. The molecule has 0 radical (unpaired) electrons. The molecule has 208 valence electrons. The molecule has 3 aromatic rings. The Morgan fingerprint density at radius 2 is 1.97 bits per heavy atom. The third kappa shape index (κ3) is 6.79. The quantitative estimate of drug-likeness (QED) is 0.223. The summed E-state index contributed by atoms with van der Waals surface area (Å²) >= 11 is 0. The lowest BCUT2D eigenvalue weighted by molar-refractivity contribution is -0.00302. The van der Waals surface area contributed by atoms with E-state index >= 15 is 0 Å². The molecule has 1 aliphatic rings. The lowest BCUT2D eigenvalue weighted by Crippen LogP contribution is -2.35. The number of anilines is 1. The molecule has 0 spiro atoms. The second-order valence-electron chi connectivity index (χ2n) is 10.2. The minimum absolute atomic E-state index is 0.0669. The van der Waals surface area contributed by atoms with Crippen LogP contribution in [-0.4, -0.2) is 61.1 Å². The zero-order valence-electron chi connectivity index (χ0n) is 23.3. The minimum Gasteiger partial charge on any atom is -0.354 e. The smallest absolute Gasteiger partial charge is 0.256 e. The highest BCUT2D eigenvalue weighted by atomic mass is 31.2. The van der Waals surface area contributed by atoms with E-state index in [1.165, 1.54) is 6.33 Å². The zero-order valence-corrected chi connectivity index (χ0v) is 24.2. The molecule has 1 N–H and O–H groups in total. The van der Waals surface area contributed by atoms with Crippen LogP contribution in [0.3, 0.4) is 0 Å². The van der Waals surface area contributed by atoms with Crippen molar-refractivity contribution in [2.24, 2.45) is 5.92 Å². The summed E-state index contributed by atoms with van der Waals surface area (Å²) < 4.78 is 17.3. The maximum Gasteiger partial charge on any atom is 0.256 e. The van der Waals surface area contributed by atoms with Crippen molar-refractivity contribution >= 4 is 31.2 Å². The number of fused-ring (bicyclic) bond motifs is 1. The normalized spacial score (nSPS) is 20.1. The molecule has 1 aromatic carbocycles. The molecule has 0 saturated carbocycles. The van der Waals surface area contributed by atoms with Crippen molar-refractivity contribution in [3.63, 3.8) is 0 Å². The first-order valence-corrected chi connectivity index (χ1v) is 15.0. The van der Waals surface area contributed by atoms with Gasteiger partial charge < -0.3 is 14.6 Å². The number of carbonyl (C=O) groups is 1. The molecule has 1 amide bonds. The molecule has 4 atom stereocenters. The number of benzene rings is 1. The van der Waals surface area contributed by atoms with Crippen LogP contribution in [0.15, 0.2) is 43.0 Å². The van der Waals surface area contributed by atoms with Crippen LogP contribution < -0.4 is 5.32 Å². The van der Waals surface area contributed by atoms with E-state index in [4.69, 9.17) is 14.5 Å². The van der Waals surface area contributed by atoms with Crippen LogP contribution in [0.5, 0.6) is 0 Å². The summed E-state index contributed by atoms with van der Waals surface area (Å²) in [6.45, 7) is 11.4. The first-order chi connectivity index (χ1) is 18.8. The van der Waals surface area contributed by atoms with Crippen molar-refractivity contribution in [2.45, 2.75) is 78.3 Å². The van der Waals surface area contributed by atoms with E-state index in [0.717, 1.165) is 19.0 Å². The predicted octanol–water partition coefficient (Wildman–Crippen LogP) is 5.75. The number of nitriles is 1. The number of nitrogens with zero attached hydrogens (tertiary/aromatic N) is 6. The van der Waals surface area contributed by atoms with E-state index in [9.17, 15) is 4.79 Å². The lowest BCUT2D eigenvalue weighted by Gasteiger charge is -2.38. The fraction of sp³-hybridized carbons (Fsp3) is 0.536. The Bertz CT molecular complexity index is 1270. The molecule has 11 heteroatoms. The summed E-state index contributed by atoms with van der Waals surface area (Å²) in [5.41, 5.74) is 1.68. The second-order valence-corrected chi connectivity index (χ2v) is 12.0. The van der Waals surface area contributed by atoms with Crippen molar-refractivity contribution in [3.05, 3.63) is 48.5 Å². The molecule has 1 aliphatic heterocycles. The summed E-state index contributed by atoms with van der Waals surface area (Å²) in [6.07, 6.45) is 5.92. The standard InChI is InChI=1S/C28H38N7O3P/c1-6-23-22(16-39(37-14-10-13-29)35(19(2)3)20(4)5)15-24(38-23)34-18-32-25-26(30-17-31-27(25)34)33-28(36)21-11-8-7-9-12-21/h7-9,11-12,17-20,22-24H,6,10,14-16H2,1-5H3,(H,30,31,33,36)/t22?,23-,24-,39?/m1/s1. The number of carbonyl (C=O) groups excluding carboxylic acids is 1. The van der Waals surface area contributed by atoms with Gasteiger partial charge in [0.05, 0.1) is 31.5 Å². The van der Waals surface area contributed by atoms with Crippen LogP contribution in [0.4, 0.5) is 5.82 Å². The minimum atomic E-state index is -0.902. The third-order valence-electron chi connectivity index (χ3n) is 6.86. The molecule has 2 aromatic heterocycles. The van der Waals surface area contributed by atoms with Gasteiger partial charge in [-0.05, 0) is 58.6 Å². The molecule has 10 nitrogen and oxygen atoms in total. The number of hydrogen-bond donors (Lipinski definition) is 1. The molecular weight excluding hydrogens is 513 g/mol. The molecule has 1 saturated heterocycles. The van der Waals surface area contributed by atoms with Gasteiger partial charge in [0.2, 0.25) is 0 Å². The van der Waals surface area contributed by atoms with Gasteiger partial charge in [0, 0.05) is 23.8 Å². The van der Waals surface area contributed by atoms with Crippen LogP contribution >= 0.6 is 8.30 Å². The van der Waals surface area contributed by atoms with Gasteiger partial charge in [-0.1, -0.05) is 25.1 Å². The average Bonchev–Trinajstić information content (AvgIpc) is 3.53. The maximum atomic E-state index is 12.7. The van der Waals surface area contributed by atoms with E-state index in [1.54, 1.807) is 18.5 Å². The van der Waals surface area contributed by atoms with Crippen molar-refractivity contribution in [2.75, 3.05) is 18.1 Å². The number of nitrogens with one attached hydrogen (secondary N) is 1. The van der Waals surface area contributed by atoms with Crippen LogP contribution in [0, 0.1) is 17.2 Å². The monoisotopic (exact) mass is 551 g/mol. The Morgan fingerprint density at radius 3 is 2.64 bits per heavy atom. The average molecular weight is 552 g/mol. The van der Waals surface area contributed by atoms with Crippen LogP contribution in [-0.2, 0) is 9.26 Å². The lowest BCUT2D eigenvalue weighted by atomic mass is 10.0. The van der Waals surface area contributed by atoms with Crippen LogP contribution in [0.2, 0.25) is 0 Å². The van der Waals surface area contributed by atoms with Crippen molar-refractivity contribution in [3.8, 4) is 6.07 Å². The largest absolute Gasteiger partial charge is 0.354 e. The second kappa shape index (κ2) is 13.4. The molecule has 0 bridgehead atoms. The highest BCUT2D eigenvalue weighted by molar-refractivity contribution is 7.50. The topological polar surface area (TPSA) is 118 Å². The van der Waals surface area contributed by atoms with Crippen molar-refractivity contribution in [1.29, 1.82) is 5.26 Å². The molecule has 39 heavy (non-hydrogen) atoms. The zero-order chi connectivity index (χ0) is 27.9. The number of rotatable bonds is 12. The van der Waals surface area contributed by atoms with E-state index in [-0.39, 0.29) is 24.2 Å². The van der Waals surface area contributed by atoms with Crippen molar-refractivity contribution < 1.29 is 14.1 Å². The SMILES string of the molecule is CC[C@H]1O[C@@H](n2cnc3c(NC(=O)c4ccccc4)ncnc32)CC1CP(OCCC#N)N(C(C)C)C(C)C. The molecule has 0 aliphatic carbocycles. The number of hydrogen-bond acceptors (Lipinski definition) is 8. The van der Waals surface area contributed by atoms with E-state index in [2.05, 4.69) is 65.6 Å². The predicted molar refractivity (Wildman–Crippen MR) is 152 cm³/mol. The van der Waals surface area contributed by atoms with Gasteiger partial charge in [-0.2, -0.15) is 5.26 Å². The van der Waals surface area contributed by atoms with E-state index in [1.807, 2.05) is 22.8 Å². The summed E-state index contributed by atoms with van der Waals surface area (Å²) in [7, 11) is -0.902. The van der Waals surface area contributed by atoms with E-state index in [0.29, 0.717) is 47.7 Å². The Labute approximate surface area is 231 Å². The van der Waals surface area contributed by atoms with Gasteiger partial charge in [0.25, 0.3) is 5.91 Å². The summed E-state index contributed by atoms with van der Waals surface area (Å²) in [5.74, 6) is 0.399. The van der Waals surface area contributed by atoms with Gasteiger partial charge in [-0.3, -0.25) is 14.0 Å². The van der Waals surface area contributed by atoms with Gasteiger partial charge in [-0.15, -0.1) is 0 Å². The van der Waals surface area contributed by atoms with Crippen LogP contribution in [0.25, 0.3) is 11.2 Å². The number of imidazole rings is 1. The fourth-order valence-electron chi connectivity index (χ4n) is 5.23. The molecule has 3 heterocycles. The van der Waals surface area contributed by atoms with Gasteiger partial charge in [-0.25, -0.2) is 15.0 Å². The molecule has 1 fully saturated rings. The Morgan fingerprint density at radius 1 is 1.23 bits per heavy atom. The first-order valence-electron chi connectivity index (χ1n) is 13.6. The Hall–Kier alpha value is -2.96. The van der Waals surface area contributed by atoms with E-state index < -0.39 is 8.30 Å². The fourth-order valence-corrected chi connectivity index (χ4v) is 7.77. The van der Waals surface area contributed by atoms with Crippen LogP contribution in [0.1, 0.15) is 70.5 Å². The Balaban J connectivity index is 1.54. The van der Waals surface area contributed by atoms with Gasteiger partial charge >= 0.3 is 0 Å². The number of ether oxygens (including phenoxy) is 1. The van der Waals surface area contributed by atoms with Crippen molar-refractivity contribution in [1.82, 2.24) is 24.2 Å². The maximum absolute atomic E-state index is 12.7. The van der Waals surface area contributed by atoms with Gasteiger partial charge in [0.1, 0.15) is 20.9 Å². The molecule has 2 unspecified atom stereocenters. The number of aromatic nitrogens is 4. The van der Waals surface area contributed by atoms with Gasteiger partial charge in [0.15, 0.2) is 17.0 Å². The summed E-state index contributed by atoms with van der Waals surface area (Å²) in [6, 6.07) is 11.9. The third-order valence-corrected chi connectivity index (χ3v) is 9.56. The first kappa shape index (κ1) is 29.0. The molecule has 4 rings (SSSR count). The highest BCUT2D eigenvalue weighted by Crippen LogP contribution is 2.50. The summed E-state index contributed by atoms with van der Waals surface area (Å²) in [5, 5.41) is 11.9. The number of amides is 1. The summed E-state index contributed by atoms with van der Waals surface area (Å²) in [4.78, 5) is 26.1. The Kier molecular flexibility index (Phi) is 9.98.